The number of nitrogens with two attached hydrogens (primary N) is 1. The number of ether oxygens (including phenoxy) is 2. The Morgan fingerprint density at radius 1 is 1.42 bits per heavy atom. The van der Waals surface area contributed by atoms with Gasteiger partial charge in [0.1, 0.15) is 0 Å². The van der Waals surface area contributed by atoms with Crippen molar-refractivity contribution in [1.29, 1.82) is 0 Å². The first-order chi connectivity index (χ1) is 9.22. The minimum atomic E-state index is -0.0874. The third-order valence-electron chi connectivity index (χ3n) is 2.96. The van der Waals surface area contributed by atoms with Crippen molar-refractivity contribution < 1.29 is 14.3 Å². The van der Waals surface area contributed by atoms with Crippen molar-refractivity contribution >= 4 is 5.91 Å². The zero-order chi connectivity index (χ0) is 13.7. The van der Waals surface area contributed by atoms with Crippen LogP contribution in [0.25, 0.3) is 0 Å². The highest BCUT2D eigenvalue weighted by Crippen LogP contribution is 2.28. The van der Waals surface area contributed by atoms with Crippen LogP contribution in [0.4, 0.5) is 0 Å². The Morgan fingerprint density at radius 3 is 2.84 bits per heavy atom. The van der Waals surface area contributed by atoms with Crippen molar-refractivity contribution in [1.82, 2.24) is 5.32 Å². The Labute approximate surface area is 113 Å². The van der Waals surface area contributed by atoms with Gasteiger partial charge in [0.2, 0.25) is 0 Å². The summed E-state index contributed by atoms with van der Waals surface area (Å²) in [6.45, 7) is 0.607. The van der Waals surface area contributed by atoms with Crippen LogP contribution in [0, 0.1) is 0 Å². The van der Waals surface area contributed by atoms with Crippen LogP contribution in [0.2, 0.25) is 0 Å². The van der Waals surface area contributed by atoms with Crippen molar-refractivity contribution in [3.8, 4) is 11.5 Å². The number of hydrogen-bond donors (Lipinski definition) is 2. The third kappa shape index (κ3) is 4.13. The lowest BCUT2D eigenvalue weighted by molar-refractivity contribution is -0.123. The lowest BCUT2D eigenvalue weighted by atomic mass is 10.1. The predicted molar refractivity (Wildman–Crippen MR) is 72.4 cm³/mol. The first kappa shape index (κ1) is 13.7. The van der Waals surface area contributed by atoms with E-state index >= 15 is 0 Å². The number of nitrogens with one attached hydrogen (secondary N) is 1. The molecule has 0 aliphatic heterocycles. The molecule has 0 aromatic heterocycles. The number of methoxy groups -OCH3 is 1. The molecule has 1 fully saturated rings. The normalized spacial score (nSPS) is 14.0. The Kier molecular flexibility index (Phi) is 4.63. The highest BCUT2D eigenvalue weighted by Gasteiger charge is 2.23. The second-order valence-electron chi connectivity index (χ2n) is 4.65. The van der Waals surface area contributed by atoms with Gasteiger partial charge in [-0.15, -0.1) is 0 Å². The van der Waals surface area contributed by atoms with E-state index < -0.39 is 0 Å². The van der Waals surface area contributed by atoms with Gasteiger partial charge in [-0.05, 0) is 43.5 Å². The summed E-state index contributed by atoms with van der Waals surface area (Å²) in [4.78, 5) is 11.5. The summed E-state index contributed by atoms with van der Waals surface area (Å²) in [5.41, 5.74) is 6.61. The largest absolute Gasteiger partial charge is 0.493 e. The van der Waals surface area contributed by atoms with E-state index in [0.717, 1.165) is 24.8 Å². The number of carbonyl (C=O) groups excluding carboxylic acids is 1. The van der Waals surface area contributed by atoms with Crippen LogP contribution in [0.1, 0.15) is 18.4 Å². The van der Waals surface area contributed by atoms with Crippen molar-refractivity contribution in [2.24, 2.45) is 5.73 Å². The lowest BCUT2D eigenvalue weighted by Gasteiger charge is -2.12. The molecule has 0 radical (unpaired) electrons. The van der Waals surface area contributed by atoms with Crippen LogP contribution >= 0.6 is 0 Å². The van der Waals surface area contributed by atoms with Gasteiger partial charge >= 0.3 is 0 Å². The molecule has 5 heteroatoms. The van der Waals surface area contributed by atoms with Crippen molar-refractivity contribution in [2.45, 2.75) is 25.3 Å². The molecule has 19 heavy (non-hydrogen) atoms. The SMILES string of the molecule is COc1cc(CCN)ccc1OCC(=O)NC1CC1. The maximum atomic E-state index is 11.5. The van der Waals surface area contributed by atoms with E-state index in [-0.39, 0.29) is 12.5 Å². The van der Waals surface area contributed by atoms with Crippen LogP contribution < -0.4 is 20.5 Å². The average Bonchev–Trinajstić information content (AvgIpc) is 3.21. The molecule has 1 saturated carbocycles. The zero-order valence-electron chi connectivity index (χ0n) is 11.1. The summed E-state index contributed by atoms with van der Waals surface area (Å²) in [5.74, 6) is 1.12. The van der Waals surface area contributed by atoms with Crippen molar-refractivity contribution in [3.63, 3.8) is 0 Å². The van der Waals surface area contributed by atoms with Crippen LogP contribution in [-0.4, -0.2) is 32.2 Å². The second-order valence-corrected chi connectivity index (χ2v) is 4.65. The van der Waals surface area contributed by atoms with Gasteiger partial charge in [0.15, 0.2) is 18.1 Å². The summed E-state index contributed by atoms with van der Waals surface area (Å²) in [7, 11) is 1.58. The summed E-state index contributed by atoms with van der Waals surface area (Å²) in [5, 5.41) is 2.87. The first-order valence-corrected chi connectivity index (χ1v) is 6.52. The fourth-order valence-corrected chi connectivity index (χ4v) is 1.79. The molecule has 1 amide bonds. The van der Waals surface area contributed by atoms with E-state index in [0.29, 0.717) is 24.1 Å². The highest BCUT2D eigenvalue weighted by atomic mass is 16.5. The topological polar surface area (TPSA) is 73.6 Å². The molecular formula is C14H20N2O3. The van der Waals surface area contributed by atoms with Gasteiger partial charge in [0.05, 0.1) is 7.11 Å². The molecule has 0 spiro atoms. The fraction of sp³-hybridized carbons (Fsp3) is 0.500. The molecule has 0 bridgehead atoms. The average molecular weight is 264 g/mol. The van der Waals surface area contributed by atoms with Gasteiger partial charge < -0.3 is 20.5 Å². The minimum absolute atomic E-state index is 0.0170. The van der Waals surface area contributed by atoms with E-state index in [2.05, 4.69) is 5.32 Å². The number of benzene rings is 1. The number of rotatable bonds is 7. The van der Waals surface area contributed by atoms with Gasteiger partial charge in [-0.1, -0.05) is 6.07 Å². The molecule has 1 aromatic carbocycles. The lowest BCUT2D eigenvalue weighted by Crippen LogP contribution is -2.30. The van der Waals surface area contributed by atoms with Gasteiger partial charge in [-0.25, -0.2) is 0 Å². The maximum Gasteiger partial charge on any atom is 0.258 e. The van der Waals surface area contributed by atoms with Crippen LogP contribution in [0.5, 0.6) is 11.5 Å². The minimum Gasteiger partial charge on any atom is -0.493 e. The van der Waals surface area contributed by atoms with Gasteiger partial charge in [0, 0.05) is 6.04 Å². The monoisotopic (exact) mass is 264 g/mol. The summed E-state index contributed by atoms with van der Waals surface area (Å²) >= 11 is 0. The molecule has 0 saturated heterocycles. The smallest absolute Gasteiger partial charge is 0.258 e. The molecule has 2 rings (SSSR count). The Hall–Kier alpha value is -1.75. The fourth-order valence-electron chi connectivity index (χ4n) is 1.79. The molecule has 1 aliphatic carbocycles. The van der Waals surface area contributed by atoms with E-state index in [1.54, 1.807) is 7.11 Å². The van der Waals surface area contributed by atoms with E-state index in [1.807, 2.05) is 18.2 Å². The summed E-state index contributed by atoms with van der Waals surface area (Å²) in [6.07, 6.45) is 2.94. The Balaban J connectivity index is 1.92. The standard InChI is InChI=1S/C14H20N2O3/c1-18-13-8-10(6-7-15)2-5-12(13)19-9-14(17)16-11-3-4-11/h2,5,8,11H,3-4,6-7,9,15H2,1H3,(H,16,17). The van der Waals surface area contributed by atoms with Crippen LogP contribution in [0.15, 0.2) is 18.2 Å². The molecular weight excluding hydrogens is 244 g/mol. The van der Waals surface area contributed by atoms with Crippen molar-refractivity contribution in [3.05, 3.63) is 23.8 Å². The predicted octanol–water partition coefficient (Wildman–Crippen LogP) is 0.854. The van der Waals surface area contributed by atoms with Gasteiger partial charge in [-0.3, -0.25) is 4.79 Å². The summed E-state index contributed by atoms with van der Waals surface area (Å²) < 4.78 is 10.7. The molecule has 3 N–H and O–H groups in total. The van der Waals surface area contributed by atoms with E-state index in [1.165, 1.54) is 0 Å². The number of carbonyl (C=O) groups is 1. The molecule has 0 heterocycles. The van der Waals surface area contributed by atoms with Crippen LogP contribution in [-0.2, 0) is 11.2 Å². The van der Waals surface area contributed by atoms with Crippen LogP contribution in [0.3, 0.4) is 0 Å². The quantitative estimate of drug-likeness (QED) is 0.766. The number of hydrogen-bond acceptors (Lipinski definition) is 4. The number of amides is 1. The Bertz CT molecular complexity index is 444. The molecule has 0 unspecified atom stereocenters. The highest BCUT2D eigenvalue weighted by molar-refractivity contribution is 5.78. The summed E-state index contributed by atoms with van der Waals surface area (Å²) in [6, 6.07) is 5.99. The van der Waals surface area contributed by atoms with Crippen molar-refractivity contribution in [2.75, 3.05) is 20.3 Å². The third-order valence-corrected chi connectivity index (χ3v) is 2.96. The van der Waals surface area contributed by atoms with E-state index in [4.69, 9.17) is 15.2 Å². The molecule has 0 atom stereocenters. The van der Waals surface area contributed by atoms with Gasteiger partial charge in [-0.2, -0.15) is 0 Å². The first-order valence-electron chi connectivity index (χ1n) is 6.52. The molecule has 104 valence electrons. The molecule has 5 nitrogen and oxygen atoms in total. The Morgan fingerprint density at radius 2 is 2.21 bits per heavy atom. The van der Waals surface area contributed by atoms with Gasteiger partial charge in [0.25, 0.3) is 5.91 Å². The molecule has 1 aliphatic rings. The zero-order valence-corrected chi connectivity index (χ0v) is 11.1. The maximum absolute atomic E-state index is 11.5. The second kappa shape index (κ2) is 6.43. The molecule has 1 aromatic rings. The van der Waals surface area contributed by atoms with E-state index in [9.17, 15) is 4.79 Å².